The number of hydrogen-bond acceptors (Lipinski definition) is 4. The van der Waals surface area contributed by atoms with Gasteiger partial charge in [-0.2, -0.15) is 0 Å². The van der Waals surface area contributed by atoms with Gasteiger partial charge in [0.05, 0.1) is 11.5 Å². The second kappa shape index (κ2) is 4.45. The summed E-state index contributed by atoms with van der Waals surface area (Å²) in [6.07, 6.45) is 1.32. The highest BCUT2D eigenvalue weighted by Gasteiger charge is 2.29. The first kappa shape index (κ1) is 11.0. The summed E-state index contributed by atoms with van der Waals surface area (Å²) in [6, 6.07) is -0.308. The quantitative estimate of drug-likeness (QED) is 0.682. The number of carbonyl (C=O) groups excluding carboxylic acids is 1. The van der Waals surface area contributed by atoms with Crippen LogP contribution in [0.5, 0.6) is 0 Å². The van der Waals surface area contributed by atoms with Crippen molar-refractivity contribution < 1.29 is 17.9 Å². The molecular weight excluding hydrogens is 206 g/mol. The maximum absolute atomic E-state index is 11.0. The van der Waals surface area contributed by atoms with Gasteiger partial charge in [-0.25, -0.2) is 13.2 Å². The Kier molecular flexibility index (Phi) is 3.51. The van der Waals surface area contributed by atoms with E-state index in [4.69, 9.17) is 0 Å². The van der Waals surface area contributed by atoms with E-state index in [1.165, 1.54) is 6.08 Å². The lowest BCUT2D eigenvalue weighted by molar-refractivity contribution is 0.155. The van der Waals surface area contributed by atoms with Gasteiger partial charge in [-0.05, 0) is 6.42 Å². The molecule has 0 bridgehead atoms. The minimum atomic E-state index is -2.95. The first-order valence-corrected chi connectivity index (χ1v) is 6.10. The van der Waals surface area contributed by atoms with E-state index >= 15 is 0 Å². The number of alkyl carbamates (subject to hydrolysis) is 1. The molecule has 0 unspecified atom stereocenters. The second-order valence-electron chi connectivity index (χ2n) is 3.13. The van der Waals surface area contributed by atoms with Crippen molar-refractivity contribution in [2.45, 2.75) is 12.5 Å². The van der Waals surface area contributed by atoms with Gasteiger partial charge < -0.3 is 10.1 Å². The van der Waals surface area contributed by atoms with Crippen LogP contribution in [-0.2, 0) is 14.6 Å². The van der Waals surface area contributed by atoms with E-state index in [9.17, 15) is 13.2 Å². The van der Waals surface area contributed by atoms with Gasteiger partial charge in [0.25, 0.3) is 0 Å². The summed E-state index contributed by atoms with van der Waals surface area (Å²) < 4.78 is 26.7. The third kappa shape index (κ3) is 3.37. The maximum atomic E-state index is 11.0. The van der Waals surface area contributed by atoms with Crippen molar-refractivity contribution in [2.75, 3.05) is 18.1 Å². The van der Waals surface area contributed by atoms with Crippen LogP contribution in [0, 0.1) is 0 Å². The molecule has 1 heterocycles. The molecule has 0 saturated carbocycles. The summed E-state index contributed by atoms with van der Waals surface area (Å²) in [6.45, 7) is 3.52. The normalized spacial score (nSPS) is 24.1. The zero-order valence-electron chi connectivity index (χ0n) is 7.73. The lowest BCUT2D eigenvalue weighted by Crippen LogP contribution is -2.36. The first-order valence-electron chi connectivity index (χ1n) is 4.28. The van der Waals surface area contributed by atoms with Crippen LogP contribution in [0.3, 0.4) is 0 Å². The SMILES string of the molecule is C=CCOC(=O)N[C@@H]1CCS(=O)(=O)C1. The van der Waals surface area contributed by atoms with Crippen LogP contribution in [-0.4, -0.2) is 38.7 Å². The fraction of sp³-hybridized carbons (Fsp3) is 0.625. The minimum absolute atomic E-state index is 0.0101. The minimum Gasteiger partial charge on any atom is -0.445 e. The molecule has 1 rings (SSSR count). The van der Waals surface area contributed by atoms with E-state index < -0.39 is 15.9 Å². The Hall–Kier alpha value is -1.04. The van der Waals surface area contributed by atoms with Crippen LogP contribution in [0.25, 0.3) is 0 Å². The Morgan fingerprint density at radius 2 is 2.36 bits per heavy atom. The molecule has 1 fully saturated rings. The van der Waals surface area contributed by atoms with Crippen LogP contribution in [0.15, 0.2) is 12.7 Å². The summed E-state index contributed by atoms with van der Waals surface area (Å²) in [4.78, 5) is 11.0. The Bertz CT molecular complexity index is 322. The van der Waals surface area contributed by atoms with Crippen LogP contribution in [0.4, 0.5) is 4.79 Å². The van der Waals surface area contributed by atoms with Crippen molar-refractivity contribution in [3.63, 3.8) is 0 Å². The van der Waals surface area contributed by atoms with Gasteiger partial charge in [0, 0.05) is 6.04 Å². The highest BCUT2D eigenvalue weighted by molar-refractivity contribution is 7.91. The number of hydrogen-bond donors (Lipinski definition) is 1. The largest absolute Gasteiger partial charge is 0.445 e. The molecule has 1 N–H and O–H groups in total. The number of nitrogens with one attached hydrogen (secondary N) is 1. The summed E-state index contributed by atoms with van der Waals surface area (Å²) in [7, 11) is -2.95. The monoisotopic (exact) mass is 219 g/mol. The Morgan fingerprint density at radius 1 is 1.64 bits per heavy atom. The van der Waals surface area contributed by atoms with Crippen molar-refractivity contribution in [3.8, 4) is 0 Å². The maximum Gasteiger partial charge on any atom is 0.407 e. The van der Waals surface area contributed by atoms with Gasteiger partial charge in [-0.15, -0.1) is 0 Å². The molecule has 6 heteroatoms. The molecule has 0 aromatic rings. The molecule has 0 aromatic heterocycles. The fourth-order valence-corrected chi connectivity index (χ4v) is 2.93. The molecular formula is C8H13NO4S. The predicted molar refractivity (Wildman–Crippen MR) is 51.7 cm³/mol. The topological polar surface area (TPSA) is 72.5 Å². The Balaban J connectivity index is 2.32. The molecule has 0 aromatic carbocycles. The predicted octanol–water partition coefficient (Wildman–Crippen LogP) is 0.0857. The summed E-state index contributed by atoms with van der Waals surface area (Å²) in [5, 5.41) is 2.48. The number of rotatable bonds is 3. The van der Waals surface area contributed by atoms with Crippen molar-refractivity contribution in [1.82, 2.24) is 5.32 Å². The van der Waals surface area contributed by atoms with Crippen molar-refractivity contribution in [3.05, 3.63) is 12.7 Å². The van der Waals surface area contributed by atoms with Gasteiger partial charge >= 0.3 is 6.09 Å². The fourth-order valence-electron chi connectivity index (χ4n) is 1.25. The van der Waals surface area contributed by atoms with Crippen molar-refractivity contribution in [1.29, 1.82) is 0 Å². The average molecular weight is 219 g/mol. The Labute approximate surface area is 83.0 Å². The second-order valence-corrected chi connectivity index (χ2v) is 5.36. The van der Waals surface area contributed by atoms with Gasteiger partial charge in [0.2, 0.25) is 0 Å². The van der Waals surface area contributed by atoms with Crippen molar-refractivity contribution in [2.24, 2.45) is 0 Å². The van der Waals surface area contributed by atoms with Gasteiger partial charge in [0.15, 0.2) is 9.84 Å². The van der Waals surface area contributed by atoms with Crippen LogP contribution in [0.1, 0.15) is 6.42 Å². The first-order chi connectivity index (χ1) is 6.53. The Morgan fingerprint density at radius 3 is 2.86 bits per heavy atom. The third-order valence-corrected chi connectivity index (χ3v) is 3.65. The van der Waals surface area contributed by atoms with E-state index in [-0.39, 0.29) is 24.2 Å². The smallest absolute Gasteiger partial charge is 0.407 e. The van der Waals surface area contributed by atoms with E-state index in [2.05, 4.69) is 16.6 Å². The molecule has 0 radical (unpaired) electrons. The molecule has 0 aliphatic carbocycles. The molecule has 1 amide bonds. The van der Waals surface area contributed by atoms with Crippen LogP contribution in [0.2, 0.25) is 0 Å². The average Bonchev–Trinajstić information content (AvgIpc) is 2.42. The van der Waals surface area contributed by atoms with Crippen LogP contribution >= 0.6 is 0 Å². The van der Waals surface area contributed by atoms with Gasteiger partial charge in [-0.3, -0.25) is 0 Å². The van der Waals surface area contributed by atoms with E-state index in [0.717, 1.165) is 0 Å². The van der Waals surface area contributed by atoms with E-state index in [0.29, 0.717) is 6.42 Å². The molecule has 1 saturated heterocycles. The van der Waals surface area contributed by atoms with Gasteiger partial charge in [-0.1, -0.05) is 12.7 Å². The molecule has 1 atom stereocenters. The number of carbonyl (C=O) groups is 1. The number of ether oxygens (including phenoxy) is 1. The summed E-state index contributed by atoms with van der Waals surface area (Å²) in [5.74, 6) is 0.148. The lowest BCUT2D eigenvalue weighted by atomic mass is 10.3. The highest BCUT2D eigenvalue weighted by atomic mass is 32.2. The zero-order chi connectivity index (χ0) is 10.6. The highest BCUT2D eigenvalue weighted by Crippen LogP contribution is 2.11. The third-order valence-electron chi connectivity index (χ3n) is 1.89. The van der Waals surface area contributed by atoms with Gasteiger partial charge in [0.1, 0.15) is 6.61 Å². The van der Waals surface area contributed by atoms with E-state index in [1.54, 1.807) is 0 Å². The van der Waals surface area contributed by atoms with E-state index in [1.807, 2.05) is 0 Å². The molecule has 14 heavy (non-hydrogen) atoms. The molecule has 80 valence electrons. The summed E-state index contributed by atoms with van der Waals surface area (Å²) >= 11 is 0. The van der Waals surface area contributed by atoms with Crippen LogP contribution < -0.4 is 5.32 Å². The summed E-state index contributed by atoms with van der Waals surface area (Å²) in [5.41, 5.74) is 0. The number of sulfone groups is 1. The molecule has 1 aliphatic rings. The zero-order valence-corrected chi connectivity index (χ0v) is 8.55. The standard InChI is InChI=1S/C8H13NO4S/c1-2-4-13-8(10)9-7-3-5-14(11,12)6-7/h2,7H,1,3-6H2,(H,9,10)/t7-/m1/s1. The molecule has 1 aliphatic heterocycles. The molecule has 5 nitrogen and oxygen atoms in total. The molecule has 0 spiro atoms. The lowest BCUT2D eigenvalue weighted by Gasteiger charge is -2.09. The van der Waals surface area contributed by atoms with Crippen molar-refractivity contribution >= 4 is 15.9 Å². The number of amides is 1.